The minimum atomic E-state index is -0.671. The van der Waals surface area contributed by atoms with Crippen LogP contribution in [0.1, 0.15) is 38.0 Å². The Morgan fingerprint density at radius 2 is 2.25 bits per heavy atom. The second-order valence-corrected chi connectivity index (χ2v) is 4.97. The van der Waals surface area contributed by atoms with Gasteiger partial charge in [0.25, 0.3) is 5.56 Å². The Labute approximate surface area is 115 Å². The van der Waals surface area contributed by atoms with Crippen LogP contribution in [-0.2, 0) is 11.2 Å². The lowest BCUT2D eigenvalue weighted by Crippen LogP contribution is -2.34. The molecule has 1 fully saturated rings. The Morgan fingerprint density at radius 1 is 1.50 bits per heavy atom. The van der Waals surface area contributed by atoms with Crippen LogP contribution in [0.2, 0.25) is 0 Å². The molecule has 0 amide bonds. The molecule has 1 aliphatic rings. The van der Waals surface area contributed by atoms with Gasteiger partial charge < -0.3 is 14.9 Å². The van der Waals surface area contributed by atoms with Gasteiger partial charge in [-0.25, -0.2) is 4.79 Å². The Morgan fingerprint density at radius 3 is 2.90 bits per heavy atom. The van der Waals surface area contributed by atoms with Gasteiger partial charge in [0.1, 0.15) is 6.23 Å². The molecular weight excluding hydrogens is 264 g/mol. The maximum absolute atomic E-state index is 11.8. The summed E-state index contributed by atoms with van der Waals surface area (Å²) in [7, 11) is 0. The Kier molecular flexibility index (Phi) is 4.74. The first-order valence-corrected chi connectivity index (χ1v) is 6.85. The van der Waals surface area contributed by atoms with E-state index in [1.807, 2.05) is 6.92 Å². The molecule has 1 aliphatic heterocycles. The van der Waals surface area contributed by atoms with E-state index in [-0.39, 0.29) is 12.2 Å². The standard InChI is InChI=1S/C13H20N2O5/c1-2-8-7-15(13(19)14-12(8)18)11-6-9(17)10(20-11)4-3-5-16/h7,9-11,16-17H,2-6H2,1H3,(H,14,18,19)/t9-,10+,11+/m0/s1. The van der Waals surface area contributed by atoms with Crippen molar-refractivity contribution in [3.05, 3.63) is 32.6 Å². The lowest BCUT2D eigenvalue weighted by atomic mass is 10.1. The van der Waals surface area contributed by atoms with Crippen molar-refractivity contribution >= 4 is 0 Å². The van der Waals surface area contributed by atoms with Crippen LogP contribution in [0.3, 0.4) is 0 Å². The zero-order chi connectivity index (χ0) is 14.7. The van der Waals surface area contributed by atoms with Crippen molar-refractivity contribution in [1.82, 2.24) is 9.55 Å². The fraction of sp³-hybridized carbons (Fsp3) is 0.692. The van der Waals surface area contributed by atoms with E-state index in [1.165, 1.54) is 10.8 Å². The highest BCUT2D eigenvalue weighted by molar-refractivity contribution is 5.04. The normalized spacial score (nSPS) is 26.1. The molecule has 3 atom stereocenters. The summed E-state index contributed by atoms with van der Waals surface area (Å²) in [5, 5.41) is 18.7. The molecule has 0 radical (unpaired) electrons. The molecule has 0 aromatic carbocycles. The van der Waals surface area contributed by atoms with E-state index in [9.17, 15) is 14.7 Å². The average molecular weight is 284 g/mol. The van der Waals surface area contributed by atoms with Crippen molar-refractivity contribution in [3.8, 4) is 0 Å². The van der Waals surface area contributed by atoms with Crippen LogP contribution in [0, 0.1) is 0 Å². The molecule has 1 saturated heterocycles. The first-order valence-electron chi connectivity index (χ1n) is 6.85. The summed E-state index contributed by atoms with van der Waals surface area (Å²) in [5.41, 5.74) is -0.419. The maximum atomic E-state index is 11.8. The third-order valence-electron chi connectivity index (χ3n) is 3.58. The van der Waals surface area contributed by atoms with E-state index in [4.69, 9.17) is 9.84 Å². The monoisotopic (exact) mass is 284 g/mol. The lowest BCUT2D eigenvalue weighted by Gasteiger charge is -2.16. The van der Waals surface area contributed by atoms with Crippen molar-refractivity contribution < 1.29 is 14.9 Å². The largest absolute Gasteiger partial charge is 0.396 e. The van der Waals surface area contributed by atoms with E-state index in [0.29, 0.717) is 31.2 Å². The second-order valence-electron chi connectivity index (χ2n) is 4.97. The average Bonchev–Trinajstić information content (AvgIpc) is 2.77. The minimum absolute atomic E-state index is 0.0375. The molecule has 7 nitrogen and oxygen atoms in total. The molecule has 0 spiro atoms. The predicted octanol–water partition coefficient (Wildman–Crippen LogP) is -0.480. The summed E-state index contributed by atoms with van der Waals surface area (Å²) in [6, 6.07) is 0. The van der Waals surface area contributed by atoms with Crippen LogP contribution < -0.4 is 11.2 Å². The van der Waals surface area contributed by atoms with Gasteiger partial charge in [0.05, 0.1) is 12.2 Å². The van der Waals surface area contributed by atoms with Crippen LogP contribution in [0.4, 0.5) is 0 Å². The van der Waals surface area contributed by atoms with Crippen LogP contribution in [0.25, 0.3) is 0 Å². The molecule has 2 heterocycles. The third kappa shape index (κ3) is 3.00. The topological polar surface area (TPSA) is 105 Å². The number of rotatable bonds is 5. The van der Waals surface area contributed by atoms with Gasteiger partial charge in [-0.2, -0.15) is 0 Å². The van der Waals surface area contributed by atoms with Crippen LogP contribution in [0.15, 0.2) is 15.8 Å². The number of aromatic nitrogens is 2. The molecule has 7 heteroatoms. The first kappa shape index (κ1) is 15.0. The Bertz CT molecular complexity index is 565. The molecule has 2 rings (SSSR count). The molecule has 0 unspecified atom stereocenters. The number of aliphatic hydroxyl groups is 2. The van der Waals surface area contributed by atoms with E-state index >= 15 is 0 Å². The summed E-state index contributed by atoms with van der Waals surface area (Å²) in [5.74, 6) is 0. The highest BCUT2D eigenvalue weighted by atomic mass is 16.5. The van der Waals surface area contributed by atoms with Gasteiger partial charge in [-0.05, 0) is 19.3 Å². The number of hydrogen-bond donors (Lipinski definition) is 3. The molecular formula is C13H20N2O5. The zero-order valence-electron chi connectivity index (χ0n) is 11.4. The van der Waals surface area contributed by atoms with Crippen LogP contribution in [-0.4, -0.2) is 38.6 Å². The van der Waals surface area contributed by atoms with E-state index in [0.717, 1.165) is 0 Å². The SMILES string of the molecule is CCc1cn([C@H]2C[C@H](O)[C@@H](CCCO)O2)c(=O)[nH]c1=O. The number of aliphatic hydroxyl groups excluding tert-OH is 2. The Hall–Kier alpha value is -1.44. The first-order chi connectivity index (χ1) is 9.56. The quantitative estimate of drug-likeness (QED) is 0.677. The highest BCUT2D eigenvalue weighted by Gasteiger charge is 2.35. The van der Waals surface area contributed by atoms with Gasteiger partial charge in [0.2, 0.25) is 0 Å². The summed E-state index contributed by atoms with van der Waals surface area (Å²) in [4.78, 5) is 25.6. The summed E-state index contributed by atoms with van der Waals surface area (Å²) >= 11 is 0. The summed E-state index contributed by atoms with van der Waals surface area (Å²) < 4.78 is 6.98. The number of aryl methyl sites for hydroxylation is 1. The van der Waals surface area contributed by atoms with Crippen molar-refractivity contribution in [3.63, 3.8) is 0 Å². The number of ether oxygens (including phenoxy) is 1. The van der Waals surface area contributed by atoms with E-state index in [1.54, 1.807) is 0 Å². The van der Waals surface area contributed by atoms with E-state index < -0.39 is 24.1 Å². The van der Waals surface area contributed by atoms with Gasteiger partial charge in [-0.3, -0.25) is 14.3 Å². The highest BCUT2D eigenvalue weighted by Crippen LogP contribution is 2.29. The van der Waals surface area contributed by atoms with Crippen LogP contribution >= 0.6 is 0 Å². The molecule has 112 valence electrons. The fourth-order valence-corrected chi connectivity index (χ4v) is 2.43. The maximum Gasteiger partial charge on any atom is 0.330 e. The summed E-state index contributed by atoms with van der Waals surface area (Å²) in [6.45, 7) is 1.86. The van der Waals surface area contributed by atoms with E-state index in [2.05, 4.69) is 4.98 Å². The van der Waals surface area contributed by atoms with Gasteiger partial charge in [-0.1, -0.05) is 6.92 Å². The Balaban J connectivity index is 2.21. The van der Waals surface area contributed by atoms with Gasteiger partial charge in [0, 0.05) is 24.8 Å². The molecule has 0 saturated carbocycles. The number of hydrogen-bond acceptors (Lipinski definition) is 5. The van der Waals surface area contributed by atoms with Crippen molar-refractivity contribution in [2.75, 3.05) is 6.61 Å². The lowest BCUT2D eigenvalue weighted by molar-refractivity contribution is -0.0267. The van der Waals surface area contributed by atoms with Gasteiger partial charge in [-0.15, -0.1) is 0 Å². The molecule has 1 aromatic heterocycles. The van der Waals surface area contributed by atoms with Crippen LogP contribution in [0.5, 0.6) is 0 Å². The third-order valence-corrected chi connectivity index (χ3v) is 3.58. The van der Waals surface area contributed by atoms with Crippen molar-refractivity contribution in [2.45, 2.75) is 51.0 Å². The minimum Gasteiger partial charge on any atom is -0.396 e. The predicted molar refractivity (Wildman–Crippen MR) is 71.6 cm³/mol. The molecule has 0 bridgehead atoms. The number of nitrogens with zero attached hydrogens (tertiary/aromatic N) is 1. The number of aromatic amines is 1. The van der Waals surface area contributed by atoms with Crippen molar-refractivity contribution in [1.29, 1.82) is 0 Å². The second kappa shape index (κ2) is 6.34. The molecule has 0 aliphatic carbocycles. The molecule has 20 heavy (non-hydrogen) atoms. The zero-order valence-corrected chi connectivity index (χ0v) is 11.4. The number of H-pyrrole nitrogens is 1. The van der Waals surface area contributed by atoms with Gasteiger partial charge >= 0.3 is 5.69 Å². The smallest absolute Gasteiger partial charge is 0.330 e. The van der Waals surface area contributed by atoms with Gasteiger partial charge in [0.15, 0.2) is 0 Å². The fourth-order valence-electron chi connectivity index (χ4n) is 2.43. The molecule has 1 aromatic rings. The molecule has 3 N–H and O–H groups in total. The summed E-state index contributed by atoms with van der Waals surface area (Å²) in [6.07, 6.45) is 1.73. The van der Waals surface area contributed by atoms with Crippen molar-refractivity contribution in [2.24, 2.45) is 0 Å². The number of nitrogens with one attached hydrogen (secondary N) is 1.